The summed E-state index contributed by atoms with van der Waals surface area (Å²) in [6, 6.07) is 17.5. The van der Waals surface area contributed by atoms with Gasteiger partial charge in [0.05, 0.1) is 18.8 Å². The fraction of sp³-hybridized carbons (Fsp3) is 0.350. The third-order valence-electron chi connectivity index (χ3n) is 4.91. The number of carbonyl (C=O) groups excluding carboxylic acids is 1. The zero-order valence-electron chi connectivity index (χ0n) is 14.7. The van der Waals surface area contributed by atoms with E-state index < -0.39 is 0 Å². The van der Waals surface area contributed by atoms with Crippen molar-refractivity contribution in [1.82, 2.24) is 4.90 Å². The van der Waals surface area contributed by atoms with Gasteiger partial charge in [0.25, 0.3) is 0 Å². The molecule has 0 saturated carbocycles. The van der Waals surface area contributed by atoms with Crippen molar-refractivity contribution in [3.8, 4) is 5.75 Å². The van der Waals surface area contributed by atoms with Crippen molar-refractivity contribution in [1.29, 1.82) is 0 Å². The van der Waals surface area contributed by atoms with Gasteiger partial charge in [-0.2, -0.15) is 0 Å². The third kappa shape index (κ3) is 3.83. The van der Waals surface area contributed by atoms with Crippen LogP contribution in [0.5, 0.6) is 5.75 Å². The second-order valence-corrected chi connectivity index (χ2v) is 6.50. The van der Waals surface area contributed by atoms with Crippen LogP contribution in [0.3, 0.4) is 0 Å². The summed E-state index contributed by atoms with van der Waals surface area (Å²) in [6.45, 7) is 3.41. The summed E-state index contributed by atoms with van der Waals surface area (Å²) in [5, 5.41) is 2.96. The average molecular weight is 339 g/mol. The van der Waals surface area contributed by atoms with E-state index in [1.54, 1.807) is 7.11 Å². The summed E-state index contributed by atoms with van der Waals surface area (Å²) in [5.74, 6) is 0.858. The summed E-state index contributed by atoms with van der Waals surface area (Å²) in [7, 11) is 1.60. The van der Waals surface area contributed by atoms with Gasteiger partial charge in [0.15, 0.2) is 0 Å². The summed E-state index contributed by atoms with van der Waals surface area (Å²) >= 11 is 0. The SMILES string of the molecule is COc1ccccc1NC(=O)C(C)N1C[C@@H](N)[C@H](c2ccccc2)C1. The molecule has 1 aliphatic heterocycles. The Kier molecular flexibility index (Phi) is 5.36. The molecule has 1 saturated heterocycles. The topological polar surface area (TPSA) is 67.6 Å². The minimum atomic E-state index is -0.260. The molecule has 5 nitrogen and oxygen atoms in total. The van der Waals surface area contributed by atoms with Crippen LogP contribution in [0.2, 0.25) is 0 Å². The van der Waals surface area contributed by atoms with Crippen molar-refractivity contribution in [2.45, 2.75) is 24.9 Å². The zero-order valence-corrected chi connectivity index (χ0v) is 14.7. The monoisotopic (exact) mass is 339 g/mol. The number of hydrogen-bond acceptors (Lipinski definition) is 4. The van der Waals surface area contributed by atoms with E-state index in [4.69, 9.17) is 10.5 Å². The van der Waals surface area contributed by atoms with Gasteiger partial charge in [-0.3, -0.25) is 9.69 Å². The third-order valence-corrected chi connectivity index (χ3v) is 4.91. The quantitative estimate of drug-likeness (QED) is 0.878. The second kappa shape index (κ2) is 7.68. The molecule has 3 rings (SSSR count). The van der Waals surface area contributed by atoms with Crippen LogP contribution < -0.4 is 15.8 Å². The molecule has 1 aliphatic rings. The molecular formula is C20H25N3O2. The number of para-hydroxylation sites is 2. The van der Waals surface area contributed by atoms with Crippen LogP contribution in [0.4, 0.5) is 5.69 Å². The molecule has 132 valence electrons. The van der Waals surface area contributed by atoms with Crippen LogP contribution in [-0.2, 0) is 4.79 Å². The number of carbonyl (C=O) groups is 1. The minimum Gasteiger partial charge on any atom is -0.495 e. The summed E-state index contributed by atoms with van der Waals surface area (Å²) in [6.07, 6.45) is 0. The van der Waals surface area contributed by atoms with Crippen LogP contribution >= 0.6 is 0 Å². The highest BCUT2D eigenvalue weighted by atomic mass is 16.5. The van der Waals surface area contributed by atoms with Crippen molar-refractivity contribution in [3.05, 3.63) is 60.2 Å². The van der Waals surface area contributed by atoms with E-state index in [2.05, 4.69) is 22.3 Å². The fourth-order valence-electron chi connectivity index (χ4n) is 3.38. The molecule has 2 aromatic rings. The highest BCUT2D eigenvalue weighted by Gasteiger charge is 2.35. The van der Waals surface area contributed by atoms with Crippen LogP contribution in [0.25, 0.3) is 0 Å². The number of methoxy groups -OCH3 is 1. The van der Waals surface area contributed by atoms with E-state index in [1.807, 2.05) is 49.4 Å². The Morgan fingerprint density at radius 2 is 1.84 bits per heavy atom. The molecule has 3 atom stereocenters. The number of amides is 1. The Hall–Kier alpha value is -2.37. The predicted molar refractivity (Wildman–Crippen MR) is 99.8 cm³/mol. The maximum absolute atomic E-state index is 12.7. The molecule has 3 N–H and O–H groups in total. The molecule has 0 spiro atoms. The van der Waals surface area contributed by atoms with Gasteiger partial charge in [0.1, 0.15) is 5.75 Å². The molecule has 1 unspecified atom stereocenters. The predicted octanol–water partition coefficient (Wildman–Crippen LogP) is 2.45. The molecule has 1 heterocycles. The number of hydrogen-bond donors (Lipinski definition) is 2. The van der Waals surface area contributed by atoms with Crippen molar-refractivity contribution in [2.75, 3.05) is 25.5 Å². The molecule has 5 heteroatoms. The van der Waals surface area contributed by atoms with Crippen molar-refractivity contribution in [2.24, 2.45) is 5.73 Å². The fourth-order valence-corrected chi connectivity index (χ4v) is 3.38. The maximum atomic E-state index is 12.7. The molecule has 2 aromatic carbocycles. The first kappa shape index (κ1) is 17.5. The first-order valence-corrected chi connectivity index (χ1v) is 8.58. The molecule has 0 aliphatic carbocycles. The Morgan fingerprint density at radius 1 is 1.16 bits per heavy atom. The second-order valence-electron chi connectivity index (χ2n) is 6.50. The van der Waals surface area contributed by atoms with Gasteiger partial charge < -0.3 is 15.8 Å². The molecule has 25 heavy (non-hydrogen) atoms. The van der Waals surface area contributed by atoms with Gasteiger partial charge in [-0.05, 0) is 24.6 Å². The van der Waals surface area contributed by atoms with E-state index in [0.29, 0.717) is 18.0 Å². The van der Waals surface area contributed by atoms with E-state index in [0.717, 1.165) is 6.54 Å². The van der Waals surface area contributed by atoms with E-state index >= 15 is 0 Å². The Bertz CT molecular complexity index is 720. The van der Waals surface area contributed by atoms with Gasteiger partial charge in [-0.25, -0.2) is 0 Å². The number of ether oxygens (including phenoxy) is 1. The highest BCUT2D eigenvalue weighted by molar-refractivity contribution is 5.95. The van der Waals surface area contributed by atoms with Crippen LogP contribution in [0.1, 0.15) is 18.4 Å². The van der Waals surface area contributed by atoms with Crippen LogP contribution in [0.15, 0.2) is 54.6 Å². The van der Waals surface area contributed by atoms with E-state index in [-0.39, 0.29) is 23.9 Å². The van der Waals surface area contributed by atoms with E-state index in [9.17, 15) is 4.79 Å². The molecule has 0 bridgehead atoms. The lowest BCUT2D eigenvalue weighted by Gasteiger charge is -2.24. The lowest BCUT2D eigenvalue weighted by Crippen LogP contribution is -2.41. The smallest absolute Gasteiger partial charge is 0.241 e. The average Bonchev–Trinajstić information content (AvgIpc) is 3.04. The number of anilines is 1. The first-order valence-electron chi connectivity index (χ1n) is 8.58. The molecular weight excluding hydrogens is 314 g/mol. The Balaban J connectivity index is 1.67. The van der Waals surface area contributed by atoms with Gasteiger partial charge in [-0.15, -0.1) is 0 Å². The normalized spacial score (nSPS) is 21.7. The largest absolute Gasteiger partial charge is 0.495 e. The molecule has 0 radical (unpaired) electrons. The number of nitrogens with two attached hydrogens (primary N) is 1. The summed E-state index contributed by atoms with van der Waals surface area (Å²) in [5.41, 5.74) is 8.26. The summed E-state index contributed by atoms with van der Waals surface area (Å²) in [4.78, 5) is 14.8. The molecule has 0 aromatic heterocycles. The summed E-state index contributed by atoms with van der Waals surface area (Å²) < 4.78 is 5.30. The number of nitrogens with one attached hydrogen (secondary N) is 1. The molecule has 1 amide bonds. The van der Waals surface area contributed by atoms with E-state index in [1.165, 1.54) is 5.56 Å². The zero-order chi connectivity index (χ0) is 17.8. The lowest BCUT2D eigenvalue weighted by atomic mass is 9.95. The van der Waals surface area contributed by atoms with Crippen molar-refractivity contribution >= 4 is 11.6 Å². The number of likely N-dealkylation sites (tertiary alicyclic amines) is 1. The van der Waals surface area contributed by atoms with Crippen molar-refractivity contribution in [3.63, 3.8) is 0 Å². The maximum Gasteiger partial charge on any atom is 0.241 e. The van der Waals surface area contributed by atoms with Crippen LogP contribution in [0, 0.1) is 0 Å². The first-order chi connectivity index (χ1) is 12.1. The number of rotatable bonds is 5. The minimum absolute atomic E-state index is 0.0314. The number of benzene rings is 2. The number of nitrogens with zero attached hydrogens (tertiary/aromatic N) is 1. The van der Waals surface area contributed by atoms with Crippen LogP contribution in [-0.4, -0.2) is 43.1 Å². The van der Waals surface area contributed by atoms with Gasteiger partial charge in [0, 0.05) is 25.0 Å². The van der Waals surface area contributed by atoms with Gasteiger partial charge >= 0.3 is 0 Å². The lowest BCUT2D eigenvalue weighted by molar-refractivity contribution is -0.120. The highest BCUT2D eigenvalue weighted by Crippen LogP contribution is 2.28. The molecule has 1 fully saturated rings. The van der Waals surface area contributed by atoms with Crippen molar-refractivity contribution < 1.29 is 9.53 Å². The Labute approximate surface area is 148 Å². The van der Waals surface area contributed by atoms with Gasteiger partial charge in [-0.1, -0.05) is 42.5 Å². The Morgan fingerprint density at radius 3 is 2.56 bits per heavy atom. The standard InChI is InChI=1S/C20H25N3O2/c1-14(20(24)22-18-10-6-7-11-19(18)25-2)23-12-16(17(21)13-23)15-8-4-3-5-9-15/h3-11,14,16-17H,12-13,21H2,1-2H3,(H,22,24)/t14?,16-,17+/m0/s1. The van der Waals surface area contributed by atoms with Gasteiger partial charge in [0.2, 0.25) is 5.91 Å².